The minimum Gasteiger partial charge on any atom is -0.454 e. The summed E-state index contributed by atoms with van der Waals surface area (Å²) in [6, 6.07) is 2.93. The number of hydrogen-bond donors (Lipinski definition) is 2. The van der Waals surface area contributed by atoms with Crippen LogP contribution in [0.5, 0.6) is 17.2 Å². The number of carbonyl (C=O) groups is 1. The van der Waals surface area contributed by atoms with Crippen molar-refractivity contribution in [3.8, 4) is 17.2 Å². The summed E-state index contributed by atoms with van der Waals surface area (Å²) in [5, 5.41) is 6.15. The first-order valence-corrected chi connectivity index (χ1v) is 9.59. The van der Waals surface area contributed by atoms with Crippen molar-refractivity contribution >= 4 is 11.9 Å². The summed E-state index contributed by atoms with van der Waals surface area (Å²) in [5.74, 6) is 1.34. The number of benzene rings is 1. The third kappa shape index (κ3) is 6.09. The van der Waals surface area contributed by atoms with E-state index in [0.717, 1.165) is 13.0 Å². The summed E-state index contributed by atoms with van der Waals surface area (Å²) >= 11 is 0. The number of ether oxygens (including phenoxy) is 4. The van der Waals surface area contributed by atoms with Gasteiger partial charge < -0.3 is 34.5 Å². The summed E-state index contributed by atoms with van der Waals surface area (Å²) in [5.41, 5.74) is 0.406. The molecule has 0 radical (unpaired) electrons. The first-order chi connectivity index (χ1) is 14.4. The van der Waals surface area contributed by atoms with Crippen molar-refractivity contribution in [3.63, 3.8) is 0 Å². The summed E-state index contributed by atoms with van der Waals surface area (Å²) in [7, 11) is 3.31. The minimum absolute atomic E-state index is 0.0145. The summed E-state index contributed by atoms with van der Waals surface area (Å²) < 4.78 is 46.2. The van der Waals surface area contributed by atoms with E-state index in [1.54, 1.807) is 20.2 Å². The molecule has 0 bridgehead atoms. The second-order valence-corrected chi connectivity index (χ2v) is 7.11. The highest BCUT2D eigenvalue weighted by molar-refractivity contribution is 5.86. The molecule has 2 aliphatic heterocycles. The van der Waals surface area contributed by atoms with Crippen LogP contribution >= 0.6 is 0 Å². The van der Waals surface area contributed by atoms with Gasteiger partial charge >= 0.3 is 6.61 Å². The average Bonchev–Trinajstić information content (AvgIpc) is 3.37. The first-order valence-electron chi connectivity index (χ1n) is 9.59. The largest absolute Gasteiger partial charge is 0.454 e. The molecule has 1 aromatic rings. The SMILES string of the molecule is CN(C)C(=O)CNC(=NCc1cc2c(cc1OC(F)F)OCO2)NCC1CCOC1. The van der Waals surface area contributed by atoms with Crippen molar-refractivity contribution < 1.29 is 32.5 Å². The van der Waals surface area contributed by atoms with Gasteiger partial charge in [-0.2, -0.15) is 8.78 Å². The molecule has 11 heteroatoms. The quantitative estimate of drug-likeness (QED) is 0.474. The van der Waals surface area contributed by atoms with Crippen LogP contribution in [0.25, 0.3) is 0 Å². The Balaban J connectivity index is 1.73. The van der Waals surface area contributed by atoms with Crippen molar-refractivity contribution in [2.45, 2.75) is 19.6 Å². The molecule has 2 aliphatic rings. The number of nitrogens with one attached hydrogen (secondary N) is 2. The van der Waals surface area contributed by atoms with E-state index in [9.17, 15) is 13.6 Å². The van der Waals surface area contributed by atoms with Gasteiger partial charge in [0.1, 0.15) is 5.75 Å². The number of likely N-dealkylation sites (N-methyl/N-ethyl adjacent to an activating group) is 1. The van der Waals surface area contributed by atoms with Gasteiger partial charge in [-0.1, -0.05) is 0 Å². The fourth-order valence-corrected chi connectivity index (χ4v) is 2.94. The number of amides is 1. The van der Waals surface area contributed by atoms with Crippen molar-refractivity contribution in [3.05, 3.63) is 17.7 Å². The summed E-state index contributed by atoms with van der Waals surface area (Å²) in [4.78, 5) is 17.8. The maximum absolute atomic E-state index is 12.8. The van der Waals surface area contributed by atoms with Gasteiger partial charge in [-0.05, 0) is 12.5 Å². The molecular formula is C19H26F2N4O5. The molecule has 1 unspecified atom stereocenters. The average molecular weight is 428 g/mol. The van der Waals surface area contributed by atoms with Crippen molar-refractivity contribution in [2.24, 2.45) is 10.9 Å². The Bertz CT molecular complexity index is 770. The predicted octanol–water partition coefficient (Wildman–Crippen LogP) is 1.18. The number of halogens is 2. The Labute approximate surface area is 173 Å². The number of fused-ring (bicyclic) bond motifs is 1. The maximum Gasteiger partial charge on any atom is 0.387 e. The summed E-state index contributed by atoms with van der Waals surface area (Å²) in [6.07, 6.45) is 0.936. The second-order valence-electron chi connectivity index (χ2n) is 7.11. The van der Waals surface area contributed by atoms with E-state index in [0.29, 0.717) is 42.1 Å². The molecule has 1 fully saturated rings. The van der Waals surface area contributed by atoms with Crippen LogP contribution in [0.1, 0.15) is 12.0 Å². The molecule has 0 saturated carbocycles. The van der Waals surface area contributed by atoms with E-state index in [4.69, 9.17) is 14.2 Å². The Kier molecular flexibility index (Phi) is 7.50. The van der Waals surface area contributed by atoms with Crippen LogP contribution in [0.15, 0.2) is 17.1 Å². The molecule has 2 N–H and O–H groups in total. The highest BCUT2D eigenvalue weighted by Gasteiger charge is 2.20. The number of aliphatic imine (C=N–C) groups is 1. The normalized spacial score (nSPS) is 17.9. The molecule has 1 aromatic carbocycles. The van der Waals surface area contributed by atoms with E-state index >= 15 is 0 Å². The second kappa shape index (κ2) is 10.3. The smallest absolute Gasteiger partial charge is 0.387 e. The number of carbonyl (C=O) groups excluding carboxylic acids is 1. The van der Waals surface area contributed by atoms with Crippen LogP contribution in [0.3, 0.4) is 0 Å². The minimum atomic E-state index is -2.98. The lowest BCUT2D eigenvalue weighted by molar-refractivity contribution is -0.127. The molecule has 30 heavy (non-hydrogen) atoms. The van der Waals surface area contributed by atoms with Crippen LogP contribution in [-0.2, 0) is 16.1 Å². The van der Waals surface area contributed by atoms with E-state index in [1.165, 1.54) is 11.0 Å². The van der Waals surface area contributed by atoms with Gasteiger partial charge in [0.2, 0.25) is 12.7 Å². The number of guanidine groups is 1. The van der Waals surface area contributed by atoms with Crippen molar-refractivity contribution in [2.75, 3.05) is 47.2 Å². The summed E-state index contributed by atoms with van der Waals surface area (Å²) in [6.45, 7) is -0.900. The van der Waals surface area contributed by atoms with Gasteiger partial charge in [-0.3, -0.25) is 4.79 Å². The van der Waals surface area contributed by atoms with Crippen LogP contribution in [0.4, 0.5) is 8.78 Å². The topological polar surface area (TPSA) is 93.7 Å². The Morgan fingerprint density at radius 3 is 2.73 bits per heavy atom. The zero-order valence-corrected chi connectivity index (χ0v) is 17.0. The zero-order valence-electron chi connectivity index (χ0n) is 17.0. The van der Waals surface area contributed by atoms with Gasteiger partial charge in [-0.15, -0.1) is 0 Å². The predicted molar refractivity (Wildman–Crippen MR) is 104 cm³/mol. The molecule has 1 atom stereocenters. The number of nitrogens with zero attached hydrogens (tertiary/aromatic N) is 2. The van der Waals surface area contributed by atoms with Crippen LogP contribution < -0.4 is 24.8 Å². The van der Waals surface area contributed by atoms with E-state index < -0.39 is 6.61 Å². The Morgan fingerprint density at radius 1 is 1.30 bits per heavy atom. The van der Waals surface area contributed by atoms with Gasteiger partial charge in [-0.25, -0.2) is 4.99 Å². The molecule has 2 heterocycles. The Morgan fingerprint density at radius 2 is 2.07 bits per heavy atom. The van der Waals surface area contributed by atoms with Gasteiger partial charge in [0, 0.05) is 44.8 Å². The molecule has 0 aliphatic carbocycles. The zero-order chi connectivity index (χ0) is 21.5. The van der Waals surface area contributed by atoms with E-state index in [2.05, 4.69) is 20.4 Å². The standard InChI is InChI=1S/C19H26F2N4O5/c1-25(2)17(26)9-24-19(22-7-12-3-4-27-10-12)23-8-13-5-15-16(29-11-28-15)6-14(13)30-18(20)21/h5-6,12,18H,3-4,7-11H2,1-2H3,(H2,22,23,24). The lowest BCUT2D eigenvalue weighted by Gasteiger charge is -2.17. The van der Waals surface area contributed by atoms with Gasteiger partial charge in [0.05, 0.1) is 19.7 Å². The third-order valence-corrected chi connectivity index (χ3v) is 4.67. The molecular weight excluding hydrogens is 402 g/mol. The molecule has 0 aromatic heterocycles. The Hall–Kier alpha value is -2.82. The molecule has 3 rings (SSSR count). The van der Waals surface area contributed by atoms with Crippen LogP contribution in [0.2, 0.25) is 0 Å². The highest BCUT2D eigenvalue weighted by atomic mass is 19.3. The molecule has 166 valence electrons. The van der Waals surface area contributed by atoms with Crippen molar-refractivity contribution in [1.82, 2.24) is 15.5 Å². The first kappa shape index (κ1) is 21.9. The maximum atomic E-state index is 12.8. The lowest BCUT2D eigenvalue weighted by Crippen LogP contribution is -2.44. The number of alkyl halides is 2. The molecule has 1 amide bonds. The fraction of sp³-hybridized carbons (Fsp3) is 0.579. The monoisotopic (exact) mass is 428 g/mol. The number of rotatable bonds is 8. The molecule has 0 spiro atoms. The van der Waals surface area contributed by atoms with E-state index in [-0.39, 0.29) is 31.5 Å². The van der Waals surface area contributed by atoms with Crippen LogP contribution in [-0.4, -0.2) is 70.6 Å². The van der Waals surface area contributed by atoms with Crippen LogP contribution in [0, 0.1) is 5.92 Å². The van der Waals surface area contributed by atoms with E-state index in [1.807, 2.05) is 0 Å². The molecule has 9 nitrogen and oxygen atoms in total. The third-order valence-electron chi connectivity index (χ3n) is 4.67. The number of hydrogen-bond acceptors (Lipinski definition) is 6. The fourth-order valence-electron chi connectivity index (χ4n) is 2.94. The molecule has 1 saturated heterocycles. The lowest BCUT2D eigenvalue weighted by atomic mass is 10.1. The van der Waals surface area contributed by atoms with Crippen molar-refractivity contribution in [1.29, 1.82) is 0 Å². The van der Waals surface area contributed by atoms with Gasteiger partial charge in [0.25, 0.3) is 0 Å². The van der Waals surface area contributed by atoms with Gasteiger partial charge in [0.15, 0.2) is 17.5 Å². The highest BCUT2D eigenvalue weighted by Crippen LogP contribution is 2.39.